The van der Waals surface area contributed by atoms with Gasteiger partial charge in [0.1, 0.15) is 6.61 Å². The van der Waals surface area contributed by atoms with Gasteiger partial charge in [-0.1, -0.05) is 76.6 Å². The van der Waals surface area contributed by atoms with Gasteiger partial charge in [0.25, 0.3) is 0 Å². The molecule has 1 aliphatic carbocycles. The lowest BCUT2D eigenvalue weighted by molar-refractivity contribution is 0.000922. The molecule has 1 amide bonds. The highest BCUT2D eigenvalue weighted by atomic mass is 79.9. The fraction of sp³-hybridized carbons (Fsp3) is 0.321. The Hall–Kier alpha value is -2.67. The van der Waals surface area contributed by atoms with Gasteiger partial charge in [0, 0.05) is 36.6 Å². The van der Waals surface area contributed by atoms with Crippen molar-refractivity contribution in [2.45, 2.75) is 18.4 Å². The van der Waals surface area contributed by atoms with Crippen LogP contribution in [0.4, 0.5) is 4.79 Å². The largest absolute Gasteiger partial charge is 0.448 e. The predicted molar refractivity (Wildman–Crippen MR) is 137 cm³/mol. The number of carbonyl (C=O) groups is 1. The molecule has 1 saturated heterocycles. The lowest BCUT2D eigenvalue weighted by Crippen LogP contribution is -2.56. The normalized spacial score (nSPS) is 17.7. The van der Waals surface area contributed by atoms with E-state index in [4.69, 9.17) is 4.74 Å². The van der Waals surface area contributed by atoms with Gasteiger partial charge in [-0.15, -0.1) is 0 Å². The van der Waals surface area contributed by atoms with E-state index in [1.54, 1.807) is 4.90 Å². The molecule has 0 bridgehead atoms. The van der Waals surface area contributed by atoms with Crippen molar-refractivity contribution in [2.24, 2.45) is 0 Å². The van der Waals surface area contributed by atoms with Crippen molar-refractivity contribution < 1.29 is 14.6 Å². The zero-order valence-electron chi connectivity index (χ0n) is 19.3. The Bertz CT molecular complexity index is 1130. The first-order valence-corrected chi connectivity index (χ1v) is 12.5. The third kappa shape index (κ3) is 4.15. The predicted octanol–water partition coefficient (Wildman–Crippen LogP) is 5.22. The Morgan fingerprint density at radius 2 is 1.50 bits per heavy atom. The highest BCUT2D eigenvalue weighted by molar-refractivity contribution is 9.10. The number of nitrogens with zero attached hydrogens (tertiary/aromatic N) is 2. The first-order chi connectivity index (χ1) is 16.5. The highest BCUT2D eigenvalue weighted by Gasteiger charge is 2.37. The van der Waals surface area contributed by atoms with Crippen LogP contribution in [0.15, 0.2) is 77.3 Å². The molecule has 1 heterocycles. The van der Waals surface area contributed by atoms with Crippen LogP contribution >= 0.6 is 15.9 Å². The minimum absolute atomic E-state index is 0.0135. The quantitative estimate of drug-likeness (QED) is 0.500. The monoisotopic (exact) mass is 520 g/mol. The molecule has 0 radical (unpaired) electrons. The van der Waals surface area contributed by atoms with Crippen molar-refractivity contribution in [3.63, 3.8) is 0 Å². The van der Waals surface area contributed by atoms with Crippen molar-refractivity contribution in [2.75, 3.05) is 39.4 Å². The van der Waals surface area contributed by atoms with Crippen LogP contribution < -0.4 is 0 Å². The summed E-state index contributed by atoms with van der Waals surface area (Å²) in [7, 11) is 0. The van der Waals surface area contributed by atoms with Crippen LogP contribution in [0.3, 0.4) is 0 Å². The number of amides is 1. The van der Waals surface area contributed by atoms with Gasteiger partial charge in [0.2, 0.25) is 0 Å². The molecule has 0 aromatic heterocycles. The number of fused-ring (bicyclic) bond motifs is 3. The van der Waals surface area contributed by atoms with Gasteiger partial charge in [-0.3, -0.25) is 4.90 Å². The number of rotatable bonds is 5. The van der Waals surface area contributed by atoms with Gasteiger partial charge in [0.05, 0.1) is 12.1 Å². The van der Waals surface area contributed by atoms with E-state index in [1.165, 1.54) is 22.3 Å². The number of benzene rings is 3. The maximum atomic E-state index is 12.9. The molecule has 34 heavy (non-hydrogen) atoms. The standard InChI is InChI=1S/C28H29BrN2O3/c1-28(19-32,20-10-12-21(29)13-11-20)31-16-14-30(15-17-31)27(33)34-18-26-24-8-4-2-6-22(24)23-7-3-5-9-25(23)26/h2-13,26,32H,14-19H2,1H3. The smallest absolute Gasteiger partial charge is 0.409 e. The summed E-state index contributed by atoms with van der Waals surface area (Å²) >= 11 is 3.48. The molecule has 0 spiro atoms. The third-order valence-corrected chi connectivity index (χ3v) is 7.87. The van der Waals surface area contributed by atoms with Gasteiger partial charge in [0.15, 0.2) is 0 Å². The summed E-state index contributed by atoms with van der Waals surface area (Å²) in [6, 6.07) is 24.8. The average molecular weight is 521 g/mol. The Balaban J connectivity index is 1.22. The Kier molecular flexibility index (Phi) is 6.47. The van der Waals surface area contributed by atoms with E-state index in [0.717, 1.165) is 10.0 Å². The number of hydrogen-bond acceptors (Lipinski definition) is 4. The molecule has 1 N–H and O–H groups in total. The van der Waals surface area contributed by atoms with E-state index in [2.05, 4.69) is 64.2 Å². The van der Waals surface area contributed by atoms with Gasteiger partial charge in [-0.2, -0.15) is 0 Å². The summed E-state index contributed by atoms with van der Waals surface area (Å²) in [6.07, 6.45) is -0.268. The van der Waals surface area contributed by atoms with Gasteiger partial charge in [-0.25, -0.2) is 4.79 Å². The molecular formula is C28H29BrN2O3. The van der Waals surface area contributed by atoms with Crippen LogP contribution in [0.5, 0.6) is 0 Å². The highest BCUT2D eigenvalue weighted by Crippen LogP contribution is 2.44. The number of aliphatic hydroxyl groups is 1. The molecule has 176 valence electrons. The topological polar surface area (TPSA) is 53.0 Å². The molecule has 3 aromatic carbocycles. The van der Waals surface area contributed by atoms with Crippen molar-refractivity contribution in [3.8, 4) is 11.1 Å². The van der Waals surface area contributed by atoms with E-state index in [0.29, 0.717) is 32.8 Å². The molecule has 5 rings (SSSR count). The van der Waals surface area contributed by atoms with Crippen LogP contribution in [0.25, 0.3) is 11.1 Å². The first-order valence-electron chi connectivity index (χ1n) is 11.7. The van der Waals surface area contributed by atoms with E-state index < -0.39 is 5.54 Å². The third-order valence-electron chi connectivity index (χ3n) is 7.35. The van der Waals surface area contributed by atoms with Crippen molar-refractivity contribution in [1.29, 1.82) is 0 Å². The summed E-state index contributed by atoms with van der Waals surface area (Å²) in [6.45, 7) is 4.90. The van der Waals surface area contributed by atoms with Crippen LogP contribution in [-0.2, 0) is 10.3 Å². The second-order valence-corrected chi connectivity index (χ2v) is 10.1. The number of piperazine rings is 1. The minimum Gasteiger partial charge on any atom is -0.448 e. The van der Waals surface area contributed by atoms with E-state index in [-0.39, 0.29) is 18.6 Å². The van der Waals surface area contributed by atoms with Crippen LogP contribution in [0.2, 0.25) is 0 Å². The molecule has 3 aromatic rings. The van der Waals surface area contributed by atoms with E-state index in [9.17, 15) is 9.90 Å². The summed E-state index contributed by atoms with van der Waals surface area (Å²) in [5.74, 6) is 0.0627. The number of aliphatic hydroxyl groups excluding tert-OH is 1. The molecule has 1 aliphatic heterocycles. The Morgan fingerprint density at radius 1 is 0.941 bits per heavy atom. The molecule has 5 nitrogen and oxygen atoms in total. The fourth-order valence-corrected chi connectivity index (χ4v) is 5.51. The van der Waals surface area contributed by atoms with Crippen LogP contribution in [0.1, 0.15) is 29.5 Å². The fourth-order valence-electron chi connectivity index (χ4n) is 5.25. The van der Waals surface area contributed by atoms with Gasteiger partial charge >= 0.3 is 6.09 Å². The zero-order chi connectivity index (χ0) is 23.7. The molecule has 6 heteroatoms. The van der Waals surface area contributed by atoms with Gasteiger partial charge < -0.3 is 14.7 Å². The molecular weight excluding hydrogens is 492 g/mol. The average Bonchev–Trinajstić information content (AvgIpc) is 3.21. The van der Waals surface area contributed by atoms with Crippen molar-refractivity contribution >= 4 is 22.0 Å². The zero-order valence-corrected chi connectivity index (χ0v) is 20.9. The second-order valence-electron chi connectivity index (χ2n) is 9.22. The molecule has 1 unspecified atom stereocenters. The number of hydrogen-bond donors (Lipinski definition) is 1. The lowest BCUT2D eigenvalue weighted by atomic mass is 9.90. The Morgan fingerprint density at radius 3 is 2.06 bits per heavy atom. The van der Waals surface area contributed by atoms with Crippen LogP contribution in [0, 0.1) is 0 Å². The Labute approximate surface area is 209 Å². The molecule has 1 fully saturated rings. The summed E-state index contributed by atoms with van der Waals surface area (Å²) in [4.78, 5) is 17.0. The van der Waals surface area contributed by atoms with E-state index >= 15 is 0 Å². The summed E-state index contributed by atoms with van der Waals surface area (Å²) in [5, 5.41) is 10.2. The van der Waals surface area contributed by atoms with Crippen molar-refractivity contribution in [3.05, 3.63) is 94.0 Å². The van der Waals surface area contributed by atoms with Crippen LogP contribution in [-0.4, -0.2) is 60.4 Å². The molecule has 0 saturated carbocycles. The molecule has 2 aliphatic rings. The first kappa shape index (κ1) is 23.1. The number of ether oxygens (including phenoxy) is 1. The van der Waals surface area contributed by atoms with Crippen molar-refractivity contribution in [1.82, 2.24) is 9.80 Å². The SMILES string of the molecule is CC(CO)(c1ccc(Br)cc1)N1CCN(C(=O)OCC2c3ccccc3-c3ccccc32)CC1. The maximum absolute atomic E-state index is 12.9. The number of halogens is 1. The summed E-state index contributed by atoms with van der Waals surface area (Å²) in [5.41, 5.74) is 5.46. The number of carbonyl (C=O) groups excluding carboxylic acids is 1. The lowest BCUT2D eigenvalue weighted by Gasteiger charge is -2.45. The second kappa shape index (κ2) is 9.53. The van der Waals surface area contributed by atoms with Gasteiger partial charge in [-0.05, 0) is 46.9 Å². The minimum atomic E-state index is -0.492. The maximum Gasteiger partial charge on any atom is 0.409 e. The summed E-state index contributed by atoms with van der Waals surface area (Å²) < 4.78 is 6.85. The van der Waals surface area contributed by atoms with E-state index in [1.807, 2.05) is 36.4 Å². The molecule has 1 atom stereocenters.